The Kier molecular flexibility index (Phi) is 3.90. The molecule has 1 saturated heterocycles. The highest BCUT2D eigenvalue weighted by atomic mass is 16.2. The highest BCUT2D eigenvalue weighted by Gasteiger charge is 2.27. The van der Waals surface area contributed by atoms with Crippen molar-refractivity contribution >= 4 is 11.6 Å². The molecule has 1 aliphatic rings. The zero-order chi connectivity index (χ0) is 13.1. The average Bonchev–Trinajstić information content (AvgIpc) is 2.41. The lowest BCUT2D eigenvalue weighted by Gasteiger charge is -2.35. The molecular weight excluding hydrogens is 224 g/mol. The monoisotopic (exact) mass is 246 g/mol. The van der Waals surface area contributed by atoms with Crippen molar-refractivity contribution in [3.63, 3.8) is 0 Å². The van der Waals surface area contributed by atoms with Crippen molar-refractivity contribution in [3.8, 4) is 0 Å². The van der Waals surface area contributed by atoms with Crippen LogP contribution in [0.4, 0.5) is 5.69 Å². The molecule has 0 radical (unpaired) electrons. The van der Waals surface area contributed by atoms with E-state index < -0.39 is 0 Å². The number of rotatable bonds is 2. The maximum Gasteiger partial charge on any atom is 0.254 e. The maximum absolute atomic E-state index is 12.6. The molecule has 0 bridgehead atoms. The Bertz CT molecular complexity index is 442. The number of nitrogen functional groups attached to an aromatic ring is 1. The summed E-state index contributed by atoms with van der Waals surface area (Å²) in [6.07, 6.45) is 4.51. The van der Waals surface area contributed by atoms with E-state index >= 15 is 0 Å². The van der Waals surface area contributed by atoms with E-state index in [4.69, 9.17) is 5.73 Å². The molecule has 98 valence electrons. The molecule has 1 aromatic carbocycles. The van der Waals surface area contributed by atoms with Gasteiger partial charge in [0.1, 0.15) is 0 Å². The van der Waals surface area contributed by atoms with Crippen LogP contribution in [0.5, 0.6) is 0 Å². The molecule has 0 unspecified atom stereocenters. The van der Waals surface area contributed by atoms with Crippen molar-refractivity contribution < 1.29 is 4.79 Å². The summed E-state index contributed by atoms with van der Waals surface area (Å²) in [5.74, 6) is 0.145. The summed E-state index contributed by atoms with van der Waals surface area (Å²) in [6.45, 7) is 4.96. The predicted molar refractivity (Wildman–Crippen MR) is 74.6 cm³/mol. The van der Waals surface area contributed by atoms with Gasteiger partial charge in [-0.05, 0) is 50.3 Å². The van der Waals surface area contributed by atoms with Crippen molar-refractivity contribution in [3.05, 3.63) is 29.3 Å². The van der Waals surface area contributed by atoms with Crippen molar-refractivity contribution in [1.29, 1.82) is 0 Å². The summed E-state index contributed by atoms with van der Waals surface area (Å²) in [7, 11) is 0. The number of hydrogen-bond donors (Lipinski definition) is 1. The van der Waals surface area contributed by atoms with Crippen LogP contribution >= 0.6 is 0 Å². The summed E-state index contributed by atoms with van der Waals surface area (Å²) in [5.41, 5.74) is 8.25. The van der Waals surface area contributed by atoms with Gasteiger partial charge in [0.2, 0.25) is 0 Å². The number of carbonyl (C=O) groups excluding carboxylic acids is 1. The van der Waals surface area contributed by atoms with Gasteiger partial charge in [-0.25, -0.2) is 0 Å². The Morgan fingerprint density at radius 3 is 2.94 bits per heavy atom. The highest BCUT2D eigenvalue weighted by molar-refractivity contribution is 5.97. The van der Waals surface area contributed by atoms with Gasteiger partial charge in [-0.1, -0.05) is 13.0 Å². The van der Waals surface area contributed by atoms with Gasteiger partial charge in [-0.2, -0.15) is 0 Å². The normalized spacial score (nSPS) is 19.9. The minimum atomic E-state index is 0.145. The smallest absolute Gasteiger partial charge is 0.254 e. The third-order valence-electron chi connectivity index (χ3n) is 3.97. The Labute approximate surface area is 109 Å². The van der Waals surface area contributed by atoms with Crippen molar-refractivity contribution in [2.75, 3.05) is 12.3 Å². The van der Waals surface area contributed by atoms with Crippen LogP contribution in [0.1, 0.15) is 48.5 Å². The average molecular weight is 246 g/mol. The number of nitrogens with two attached hydrogens (primary N) is 1. The molecule has 2 N–H and O–H groups in total. The van der Waals surface area contributed by atoms with Gasteiger partial charge >= 0.3 is 0 Å². The Balaban J connectivity index is 2.27. The van der Waals surface area contributed by atoms with Crippen molar-refractivity contribution in [2.45, 2.75) is 45.6 Å². The fourth-order valence-electron chi connectivity index (χ4n) is 2.73. The zero-order valence-corrected chi connectivity index (χ0v) is 11.3. The van der Waals surface area contributed by atoms with E-state index in [1.54, 1.807) is 0 Å². The molecule has 1 fully saturated rings. The molecule has 0 spiro atoms. The van der Waals surface area contributed by atoms with E-state index in [-0.39, 0.29) is 5.91 Å². The second-order valence-electron chi connectivity index (χ2n) is 5.08. The lowest BCUT2D eigenvalue weighted by molar-refractivity contribution is 0.0607. The summed E-state index contributed by atoms with van der Waals surface area (Å²) in [4.78, 5) is 14.6. The summed E-state index contributed by atoms with van der Waals surface area (Å²) >= 11 is 0. The third kappa shape index (κ3) is 2.35. The van der Waals surface area contributed by atoms with Crippen LogP contribution in [0, 0.1) is 6.92 Å². The van der Waals surface area contributed by atoms with E-state index in [9.17, 15) is 4.79 Å². The highest BCUT2D eigenvalue weighted by Crippen LogP contribution is 2.24. The van der Waals surface area contributed by atoms with Crippen molar-refractivity contribution in [2.24, 2.45) is 0 Å². The van der Waals surface area contributed by atoms with Crippen LogP contribution in [0.2, 0.25) is 0 Å². The number of benzene rings is 1. The molecular formula is C15H22N2O. The first-order valence-corrected chi connectivity index (χ1v) is 6.81. The Morgan fingerprint density at radius 2 is 2.22 bits per heavy atom. The molecule has 0 saturated carbocycles. The number of piperidine rings is 1. The molecule has 2 rings (SSSR count). The number of nitrogens with zero attached hydrogens (tertiary/aromatic N) is 1. The fraction of sp³-hybridized carbons (Fsp3) is 0.533. The largest absolute Gasteiger partial charge is 0.398 e. The maximum atomic E-state index is 12.6. The van der Waals surface area contributed by atoms with E-state index in [2.05, 4.69) is 6.92 Å². The van der Waals surface area contributed by atoms with E-state index in [0.29, 0.717) is 11.7 Å². The molecule has 0 aromatic heterocycles. The number of hydrogen-bond acceptors (Lipinski definition) is 2. The van der Waals surface area contributed by atoms with E-state index in [0.717, 1.165) is 36.9 Å². The van der Waals surface area contributed by atoms with Crippen LogP contribution in [-0.4, -0.2) is 23.4 Å². The lowest BCUT2D eigenvalue weighted by atomic mass is 9.97. The van der Waals surface area contributed by atoms with Crippen molar-refractivity contribution in [1.82, 2.24) is 4.90 Å². The Morgan fingerprint density at radius 1 is 1.44 bits per heavy atom. The minimum Gasteiger partial charge on any atom is -0.398 e. The SMILES string of the molecule is CC[C@H]1CCCCN1C(=O)c1cccc(N)c1C. The molecule has 18 heavy (non-hydrogen) atoms. The Hall–Kier alpha value is -1.51. The number of anilines is 1. The van der Waals surface area contributed by atoms with Gasteiger partial charge < -0.3 is 10.6 Å². The molecule has 1 amide bonds. The standard InChI is InChI=1S/C15H22N2O/c1-3-12-7-4-5-10-17(12)15(18)13-8-6-9-14(16)11(13)2/h6,8-9,12H,3-5,7,10,16H2,1-2H3/t12-/m0/s1. The van der Waals surface area contributed by atoms with E-state index in [1.165, 1.54) is 6.42 Å². The van der Waals surface area contributed by atoms with Crippen LogP contribution < -0.4 is 5.73 Å². The molecule has 1 heterocycles. The fourth-order valence-corrected chi connectivity index (χ4v) is 2.73. The number of amides is 1. The van der Waals surface area contributed by atoms with E-state index in [1.807, 2.05) is 30.0 Å². The molecule has 3 heteroatoms. The molecule has 1 aliphatic heterocycles. The van der Waals surface area contributed by atoms with Crippen LogP contribution in [-0.2, 0) is 0 Å². The third-order valence-corrected chi connectivity index (χ3v) is 3.97. The van der Waals surface area contributed by atoms with Gasteiger partial charge in [0.15, 0.2) is 0 Å². The zero-order valence-electron chi connectivity index (χ0n) is 11.3. The molecule has 0 aliphatic carbocycles. The number of carbonyl (C=O) groups is 1. The summed E-state index contributed by atoms with van der Waals surface area (Å²) in [6, 6.07) is 5.99. The summed E-state index contributed by atoms with van der Waals surface area (Å²) < 4.78 is 0. The minimum absolute atomic E-state index is 0.145. The predicted octanol–water partition coefficient (Wildman–Crippen LogP) is 2.98. The second-order valence-corrected chi connectivity index (χ2v) is 5.08. The molecule has 1 aromatic rings. The number of likely N-dealkylation sites (tertiary alicyclic amines) is 1. The lowest BCUT2D eigenvalue weighted by Crippen LogP contribution is -2.43. The second kappa shape index (κ2) is 5.42. The summed E-state index contributed by atoms with van der Waals surface area (Å²) in [5, 5.41) is 0. The van der Waals surface area contributed by atoms with Gasteiger partial charge in [-0.15, -0.1) is 0 Å². The van der Waals surface area contributed by atoms with Crippen LogP contribution in [0.15, 0.2) is 18.2 Å². The quantitative estimate of drug-likeness (QED) is 0.815. The van der Waals surface area contributed by atoms with Gasteiger partial charge in [0.25, 0.3) is 5.91 Å². The van der Waals surface area contributed by atoms with Crippen LogP contribution in [0.25, 0.3) is 0 Å². The first-order chi connectivity index (χ1) is 8.65. The van der Waals surface area contributed by atoms with Gasteiger partial charge in [-0.3, -0.25) is 4.79 Å². The molecule has 1 atom stereocenters. The van der Waals surface area contributed by atoms with Crippen LogP contribution in [0.3, 0.4) is 0 Å². The first-order valence-electron chi connectivity index (χ1n) is 6.81. The van der Waals surface area contributed by atoms with Gasteiger partial charge in [0.05, 0.1) is 0 Å². The topological polar surface area (TPSA) is 46.3 Å². The first kappa shape index (κ1) is 12.9. The van der Waals surface area contributed by atoms with Gasteiger partial charge in [0, 0.05) is 23.8 Å². The molecule has 3 nitrogen and oxygen atoms in total.